The smallest absolute Gasteiger partial charge is 0.203 e. The number of hydrogen-bond acceptors (Lipinski definition) is 6. The second-order valence-corrected chi connectivity index (χ2v) is 6.23. The summed E-state index contributed by atoms with van der Waals surface area (Å²) in [5, 5.41) is 5.39. The largest absolute Gasteiger partial charge is 0.493 e. The van der Waals surface area contributed by atoms with Crippen LogP contribution < -0.4 is 24.3 Å². The quantitative estimate of drug-likeness (QED) is 0.627. The number of hydrogen-bond donors (Lipinski definition) is 1. The first kappa shape index (κ1) is 19.6. The van der Waals surface area contributed by atoms with Gasteiger partial charge in [-0.15, -0.1) is 0 Å². The molecule has 0 aliphatic rings. The molecule has 6 nitrogen and oxygen atoms in total. The van der Waals surface area contributed by atoms with E-state index < -0.39 is 0 Å². The number of pyridine rings is 1. The summed E-state index contributed by atoms with van der Waals surface area (Å²) in [7, 11) is 6.73. The first-order chi connectivity index (χ1) is 13.7. The Balaban J connectivity index is 2.08. The molecule has 1 aromatic heterocycles. The average molecular weight is 382 g/mol. The molecule has 1 heterocycles. The fraction of sp³-hybridized carbons (Fsp3) is 0.318. The molecule has 0 saturated carbocycles. The molecule has 0 spiro atoms. The van der Waals surface area contributed by atoms with Crippen LogP contribution in [0.15, 0.2) is 36.7 Å². The maximum absolute atomic E-state index is 5.74. The highest BCUT2D eigenvalue weighted by Gasteiger charge is 2.15. The van der Waals surface area contributed by atoms with E-state index in [2.05, 4.69) is 16.4 Å². The fourth-order valence-corrected chi connectivity index (χ4v) is 3.42. The molecule has 2 aromatic carbocycles. The summed E-state index contributed by atoms with van der Waals surface area (Å²) >= 11 is 0. The van der Waals surface area contributed by atoms with Crippen LogP contribution in [-0.2, 0) is 6.42 Å². The second-order valence-electron chi connectivity index (χ2n) is 6.23. The van der Waals surface area contributed by atoms with Crippen molar-refractivity contribution in [1.29, 1.82) is 0 Å². The number of aromatic nitrogens is 1. The van der Waals surface area contributed by atoms with Crippen molar-refractivity contribution in [3.05, 3.63) is 47.8 Å². The highest BCUT2D eigenvalue weighted by atomic mass is 16.5. The monoisotopic (exact) mass is 382 g/mol. The summed E-state index contributed by atoms with van der Waals surface area (Å²) in [6.45, 7) is 2.58. The molecular weight excluding hydrogens is 356 g/mol. The Kier molecular flexibility index (Phi) is 6.09. The van der Waals surface area contributed by atoms with Crippen molar-refractivity contribution >= 4 is 16.5 Å². The number of nitrogens with one attached hydrogen (secondary N) is 1. The van der Waals surface area contributed by atoms with Gasteiger partial charge in [0.15, 0.2) is 11.5 Å². The summed E-state index contributed by atoms with van der Waals surface area (Å²) in [5.41, 5.74) is 3.09. The number of anilines is 1. The van der Waals surface area contributed by atoms with Crippen LogP contribution in [0, 0.1) is 0 Å². The number of methoxy groups -OCH3 is 3. The molecule has 0 radical (unpaired) electrons. The third kappa shape index (κ3) is 3.63. The molecule has 28 heavy (non-hydrogen) atoms. The summed E-state index contributed by atoms with van der Waals surface area (Å²) < 4.78 is 22.1. The number of rotatable bonds is 8. The van der Waals surface area contributed by atoms with Crippen LogP contribution in [0.2, 0.25) is 0 Å². The molecule has 0 unspecified atom stereocenters. The predicted molar refractivity (Wildman–Crippen MR) is 111 cm³/mol. The normalized spacial score (nSPS) is 10.6. The van der Waals surface area contributed by atoms with E-state index in [9.17, 15) is 0 Å². The van der Waals surface area contributed by atoms with Crippen LogP contribution >= 0.6 is 0 Å². The SMILES string of the molecule is CCOc1ccc2c(Cc3cc(OC)c(OC)c(OC)c3)cncc2c1NC. The molecule has 3 rings (SSSR count). The number of benzene rings is 2. The van der Waals surface area contributed by atoms with E-state index in [1.807, 2.05) is 44.6 Å². The van der Waals surface area contributed by atoms with E-state index in [0.717, 1.165) is 33.3 Å². The van der Waals surface area contributed by atoms with Crippen molar-refractivity contribution in [2.45, 2.75) is 13.3 Å². The lowest BCUT2D eigenvalue weighted by molar-refractivity contribution is 0.324. The molecule has 0 aliphatic heterocycles. The first-order valence-electron chi connectivity index (χ1n) is 9.15. The third-order valence-corrected chi connectivity index (χ3v) is 4.66. The molecule has 0 fully saturated rings. The van der Waals surface area contributed by atoms with E-state index in [0.29, 0.717) is 30.3 Å². The van der Waals surface area contributed by atoms with E-state index in [-0.39, 0.29) is 0 Å². The van der Waals surface area contributed by atoms with Gasteiger partial charge in [-0.25, -0.2) is 0 Å². The zero-order valence-electron chi connectivity index (χ0n) is 17.0. The van der Waals surface area contributed by atoms with Gasteiger partial charge in [-0.05, 0) is 48.1 Å². The van der Waals surface area contributed by atoms with E-state index >= 15 is 0 Å². The topological polar surface area (TPSA) is 61.8 Å². The summed E-state index contributed by atoms with van der Waals surface area (Å²) in [4.78, 5) is 4.45. The Labute approximate surface area is 165 Å². The molecule has 6 heteroatoms. The zero-order chi connectivity index (χ0) is 20.1. The van der Waals surface area contributed by atoms with Crippen LogP contribution in [0.1, 0.15) is 18.1 Å². The molecule has 0 aliphatic carbocycles. The van der Waals surface area contributed by atoms with Gasteiger partial charge in [0, 0.05) is 24.8 Å². The first-order valence-corrected chi connectivity index (χ1v) is 9.15. The number of ether oxygens (including phenoxy) is 4. The van der Waals surface area contributed by atoms with Gasteiger partial charge in [0.05, 0.1) is 33.6 Å². The van der Waals surface area contributed by atoms with Gasteiger partial charge >= 0.3 is 0 Å². The minimum absolute atomic E-state index is 0.587. The van der Waals surface area contributed by atoms with Crippen LogP contribution in [0.3, 0.4) is 0 Å². The number of nitrogens with zero attached hydrogens (tertiary/aromatic N) is 1. The molecular formula is C22H26N2O4. The van der Waals surface area contributed by atoms with Gasteiger partial charge in [0.1, 0.15) is 5.75 Å². The molecule has 148 valence electrons. The molecule has 0 saturated heterocycles. The van der Waals surface area contributed by atoms with Crippen LogP contribution in [0.5, 0.6) is 23.0 Å². The Bertz CT molecular complexity index is 947. The van der Waals surface area contributed by atoms with Crippen molar-refractivity contribution in [2.75, 3.05) is 40.3 Å². The lowest BCUT2D eigenvalue weighted by atomic mass is 9.99. The highest BCUT2D eigenvalue weighted by molar-refractivity contribution is 5.98. The Hall–Kier alpha value is -3.15. The van der Waals surface area contributed by atoms with Crippen molar-refractivity contribution in [3.8, 4) is 23.0 Å². The minimum Gasteiger partial charge on any atom is -0.493 e. The molecule has 0 atom stereocenters. The lowest BCUT2D eigenvalue weighted by Gasteiger charge is -2.16. The minimum atomic E-state index is 0.587. The maximum atomic E-state index is 5.74. The van der Waals surface area contributed by atoms with E-state index in [1.54, 1.807) is 21.3 Å². The van der Waals surface area contributed by atoms with Crippen LogP contribution in [0.4, 0.5) is 5.69 Å². The van der Waals surface area contributed by atoms with Gasteiger partial charge in [-0.2, -0.15) is 0 Å². The molecule has 0 amide bonds. The Morgan fingerprint density at radius 3 is 2.18 bits per heavy atom. The van der Waals surface area contributed by atoms with Gasteiger partial charge in [0.2, 0.25) is 5.75 Å². The van der Waals surface area contributed by atoms with E-state index in [4.69, 9.17) is 18.9 Å². The molecule has 1 N–H and O–H groups in total. The van der Waals surface area contributed by atoms with Crippen LogP contribution in [-0.4, -0.2) is 40.0 Å². The number of fused-ring (bicyclic) bond motifs is 1. The predicted octanol–water partition coefficient (Wildman–Crippen LogP) is 4.29. The van der Waals surface area contributed by atoms with Crippen LogP contribution in [0.25, 0.3) is 10.8 Å². The van der Waals surface area contributed by atoms with Gasteiger partial charge < -0.3 is 24.3 Å². The standard InChI is InChI=1S/C22H26N2O4/c1-6-28-18-8-7-16-15(12-24-13-17(16)21(18)23-2)9-14-10-19(25-3)22(27-5)20(11-14)26-4/h7-8,10-13,23H,6,9H2,1-5H3. The van der Waals surface area contributed by atoms with E-state index in [1.165, 1.54) is 0 Å². The van der Waals surface area contributed by atoms with Gasteiger partial charge in [-0.3, -0.25) is 4.98 Å². The summed E-state index contributed by atoms with van der Waals surface area (Å²) in [5.74, 6) is 2.69. The van der Waals surface area contributed by atoms with Gasteiger partial charge in [0.25, 0.3) is 0 Å². The fourth-order valence-electron chi connectivity index (χ4n) is 3.42. The molecule has 0 bridgehead atoms. The zero-order valence-corrected chi connectivity index (χ0v) is 17.0. The Morgan fingerprint density at radius 2 is 1.61 bits per heavy atom. The van der Waals surface area contributed by atoms with Crippen molar-refractivity contribution in [1.82, 2.24) is 4.98 Å². The Morgan fingerprint density at radius 1 is 0.893 bits per heavy atom. The summed E-state index contributed by atoms with van der Waals surface area (Å²) in [6.07, 6.45) is 4.44. The third-order valence-electron chi connectivity index (χ3n) is 4.66. The highest BCUT2D eigenvalue weighted by Crippen LogP contribution is 2.40. The average Bonchev–Trinajstić information content (AvgIpc) is 2.73. The van der Waals surface area contributed by atoms with Crippen molar-refractivity contribution in [3.63, 3.8) is 0 Å². The maximum Gasteiger partial charge on any atom is 0.203 e. The van der Waals surface area contributed by atoms with Crippen molar-refractivity contribution < 1.29 is 18.9 Å². The van der Waals surface area contributed by atoms with Crippen molar-refractivity contribution in [2.24, 2.45) is 0 Å². The second kappa shape index (κ2) is 8.69. The summed E-state index contributed by atoms with van der Waals surface area (Å²) in [6, 6.07) is 8.01. The van der Waals surface area contributed by atoms with Gasteiger partial charge in [-0.1, -0.05) is 6.07 Å². The lowest BCUT2D eigenvalue weighted by Crippen LogP contribution is -2.01. The molecule has 3 aromatic rings.